The van der Waals surface area contributed by atoms with E-state index in [-0.39, 0.29) is 0 Å². The zero-order valence-electron chi connectivity index (χ0n) is 11.5. The van der Waals surface area contributed by atoms with Gasteiger partial charge in [0.05, 0.1) is 0 Å². The third kappa shape index (κ3) is 4.73. The Balaban J connectivity index is 2.54. The number of hydrogen-bond acceptors (Lipinski definition) is 1. The van der Waals surface area contributed by atoms with Crippen LogP contribution < -0.4 is 5.32 Å². The Morgan fingerprint density at radius 1 is 1.17 bits per heavy atom. The van der Waals surface area contributed by atoms with Crippen molar-refractivity contribution in [3.8, 4) is 0 Å². The van der Waals surface area contributed by atoms with Crippen molar-refractivity contribution in [1.82, 2.24) is 5.32 Å². The number of nitrogens with one attached hydrogen (secondary N) is 1. The van der Waals surface area contributed by atoms with E-state index in [1.54, 1.807) is 12.1 Å². The monoisotopic (exact) mass is 255 g/mol. The third-order valence-corrected chi connectivity index (χ3v) is 3.10. The molecule has 1 aromatic rings. The molecule has 1 nitrogen and oxygen atoms in total. The molecule has 1 unspecified atom stereocenters. The van der Waals surface area contributed by atoms with Crippen LogP contribution in [0.3, 0.4) is 0 Å². The summed E-state index contributed by atoms with van der Waals surface area (Å²) in [5, 5.41) is 3.37. The van der Waals surface area contributed by atoms with E-state index < -0.39 is 11.6 Å². The minimum atomic E-state index is -0.752. The Morgan fingerprint density at radius 3 is 2.50 bits per heavy atom. The molecule has 0 saturated carbocycles. The Morgan fingerprint density at radius 2 is 1.89 bits per heavy atom. The molecule has 0 saturated heterocycles. The maximum Gasteiger partial charge on any atom is 0.162 e. The van der Waals surface area contributed by atoms with Crippen molar-refractivity contribution in [3.05, 3.63) is 35.4 Å². The van der Waals surface area contributed by atoms with Crippen LogP contribution in [0.2, 0.25) is 0 Å². The maximum atomic E-state index is 13.6. The van der Waals surface area contributed by atoms with Crippen LogP contribution in [-0.4, -0.2) is 13.1 Å². The van der Waals surface area contributed by atoms with Gasteiger partial charge in [0.2, 0.25) is 0 Å². The number of rotatable bonds is 7. The van der Waals surface area contributed by atoms with Gasteiger partial charge in [-0.3, -0.25) is 0 Å². The molecule has 0 aromatic heterocycles. The van der Waals surface area contributed by atoms with Gasteiger partial charge in [-0.15, -0.1) is 0 Å². The molecular formula is C15H23F2N. The standard InChI is InChI=1S/C15H23F2N/c1-4-12(10-18-9-11(2)3)8-13-6-5-7-14(16)15(13)17/h5-7,11-12,18H,4,8-10H2,1-3H3. The minimum Gasteiger partial charge on any atom is -0.316 e. The first-order chi connectivity index (χ1) is 8.54. The highest BCUT2D eigenvalue weighted by atomic mass is 19.2. The van der Waals surface area contributed by atoms with Crippen molar-refractivity contribution >= 4 is 0 Å². The number of hydrogen-bond donors (Lipinski definition) is 1. The number of halogens is 2. The zero-order valence-corrected chi connectivity index (χ0v) is 11.5. The smallest absolute Gasteiger partial charge is 0.162 e. The molecule has 0 aliphatic heterocycles. The van der Waals surface area contributed by atoms with E-state index >= 15 is 0 Å². The van der Waals surface area contributed by atoms with Gasteiger partial charge in [-0.05, 0) is 43.0 Å². The summed E-state index contributed by atoms with van der Waals surface area (Å²) in [4.78, 5) is 0. The van der Waals surface area contributed by atoms with Crippen LogP contribution in [-0.2, 0) is 6.42 Å². The molecular weight excluding hydrogens is 232 g/mol. The molecule has 0 spiro atoms. The average molecular weight is 255 g/mol. The second-order valence-corrected chi connectivity index (χ2v) is 5.24. The Kier molecular flexibility index (Phi) is 6.27. The summed E-state index contributed by atoms with van der Waals surface area (Å²) in [6.45, 7) is 8.20. The largest absolute Gasteiger partial charge is 0.316 e. The van der Waals surface area contributed by atoms with Crippen LogP contribution >= 0.6 is 0 Å². The fourth-order valence-corrected chi connectivity index (χ4v) is 1.95. The predicted molar refractivity (Wildman–Crippen MR) is 71.6 cm³/mol. The van der Waals surface area contributed by atoms with Crippen molar-refractivity contribution in [1.29, 1.82) is 0 Å². The van der Waals surface area contributed by atoms with E-state index in [0.717, 1.165) is 25.6 Å². The fraction of sp³-hybridized carbons (Fsp3) is 0.600. The van der Waals surface area contributed by atoms with Gasteiger partial charge in [-0.25, -0.2) is 8.78 Å². The van der Waals surface area contributed by atoms with E-state index in [4.69, 9.17) is 0 Å². The molecule has 1 atom stereocenters. The first-order valence-electron chi connectivity index (χ1n) is 6.68. The second kappa shape index (κ2) is 7.47. The molecule has 1 aromatic carbocycles. The minimum absolute atomic E-state index is 0.347. The van der Waals surface area contributed by atoms with Crippen molar-refractivity contribution in [2.75, 3.05) is 13.1 Å². The number of benzene rings is 1. The van der Waals surface area contributed by atoms with Gasteiger partial charge in [0.25, 0.3) is 0 Å². The Labute approximate surface area is 109 Å². The van der Waals surface area contributed by atoms with Gasteiger partial charge >= 0.3 is 0 Å². The molecule has 102 valence electrons. The summed E-state index contributed by atoms with van der Waals surface area (Å²) < 4.78 is 26.7. The van der Waals surface area contributed by atoms with E-state index in [1.807, 2.05) is 0 Å². The topological polar surface area (TPSA) is 12.0 Å². The van der Waals surface area contributed by atoms with Gasteiger partial charge < -0.3 is 5.32 Å². The quantitative estimate of drug-likeness (QED) is 0.782. The molecule has 1 rings (SSSR count). The van der Waals surface area contributed by atoms with Gasteiger partial charge in [0.1, 0.15) is 0 Å². The highest BCUT2D eigenvalue weighted by Crippen LogP contribution is 2.17. The molecule has 0 heterocycles. The molecule has 0 aliphatic carbocycles. The van der Waals surface area contributed by atoms with Crippen LogP contribution in [0, 0.1) is 23.5 Å². The van der Waals surface area contributed by atoms with Crippen molar-refractivity contribution in [3.63, 3.8) is 0 Å². The lowest BCUT2D eigenvalue weighted by molar-refractivity contribution is 0.424. The fourth-order valence-electron chi connectivity index (χ4n) is 1.95. The molecule has 3 heteroatoms. The summed E-state index contributed by atoms with van der Waals surface area (Å²) in [6, 6.07) is 4.41. The highest BCUT2D eigenvalue weighted by Gasteiger charge is 2.13. The summed E-state index contributed by atoms with van der Waals surface area (Å²) in [5.74, 6) is -0.495. The van der Waals surface area contributed by atoms with E-state index in [2.05, 4.69) is 26.1 Å². The van der Waals surface area contributed by atoms with E-state index in [0.29, 0.717) is 23.8 Å². The second-order valence-electron chi connectivity index (χ2n) is 5.24. The first kappa shape index (κ1) is 15.1. The predicted octanol–water partition coefficient (Wildman–Crippen LogP) is 3.78. The average Bonchev–Trinajstić information content (AvgIpc) is 2.33. The first-order valence-corrected chi connectivity index (χ1v) is 6.68. The van der Waals surface area contributed by atoms with Crippen LogP contribution in [0.15, 0.2) is 18.2 Å². The van der Waals surface area contributed by atoms with Gasteiger partial charge in [-0.2, -0.15) is 0 Å². The Bertz CT molecular complexity index is 364. The van der Waals surface area contributed by atoms with Crippen LogP contribution in [0.25, 0.3) is 0 Å². The van der Waals surface area contributed by atoms with E-state index in [1.165, 1.54) is 0 Å². The van der Waals surface area contributed by atoms with Gasteiger partial charge in [0, 0.05) is 0 Å². The zero-order chi connectivity index (χ0) is 13.5. The SMILES string of the molecule is CCC(CNCC(C)C)Cc1cccc(F)c1F. The maximum absolute atomic E-state index is 13.6. The molecule has 0 aliphatic rings. The Hall–Kier alpha value is -0.960. The summed E-state index contributed by atoms with van der Waals surface area (Å²) in [6.07, 6.45) is 1.55. The third-order valence-electron chi connectivity index (χ3n) is 3.10. The lowest BCUT2D eigenvalue weighted by Crippen LogP contribution is -2.27. The van der Waals surface area contributed by atoms with E-state index in [9.17, 15) is 8.78 Å². The van der Waals surface area contributed by atoms with Crippen molar-refractivity contribution in [2.45, 2.75) is 33.6 Å². The lowest BCUT2D eigenvalue weighted by Gasteiger charge is -2.17. The molecule has 1 N–H and O–H groups in total. The molecule has 0 bridgehead atoms. The summed E-state index contributed by atoms with van der Waals surface area (Å²) in [7, 11) is 0. The van der Waals surface area contributed by atoms with Crippen molar-refractivity contribution < 1.29 is 8.78 Å². The normalized spacial score (nSPS) is 13.0. The summed E-state index contributed by atoms with van der Waals surface area (Å²) in [5.41, 5.74) is 0.480. The molecule has 0 radical (unpaired) electrons. The van der Waals surface area contributed by atoms with Crippen LogP contribution in [0.4, 0.5) is 8.78 Å². The van der Waals surface area contributed by atoms with Crippen LogP contribution in [0.1, 0.15) is 32.8 Å². The lowest BCUT2D eigenvalue weighted by atomic mass is 9.96. The van der Waals surface area contributed by atoms with Gasteiger partial charge in [-0.1, -0.05) is 39.3 Å². The van der Waals surface area contributed by atoms with Gasteiger partial charge in [0.15, 0.2) is 11.6 Å². The van der Waals surface area contributed by atoms with Crippen LogP contribution in [0.5, 0.6) is 0 Å². The molecule has 0 fully saturated rings. The molecule has 0 amide bonds. The molecule has 18 heavy (non-hydrogen) atoms. The van der Waals surface area contributed by atoms with Crippen molar-refractivity contribution in [2.24, 2.45) is 11.8 Å². The highest BCUT2D eigenvalue weighted by molar-refractivity contribution is 5.19. The summed E-state index contributed by atoms with van der Waals surface area (Å²) >= 11 is 0.